The Labute approximate surface area is 143 Å². The zero-order valence-electron chi connectivity index (χ0n) is 12.1. The van der Waals surface area contributed by atoms with Crippen LogP contribution in [0, 0.1) is 0 Å². The van der Waals surface area contributed by atoms with E-state index in [2.05, 4.69) is 15.6 Å². The smallest absolute Gasteiger partial charge is 0.266 e. The number of aromatic nitrogens is 1. The van der Waals surface area contributed by atoms with Gasteiger partial charge in [0.25, 0.3) is 5.91 Å². The van der Waals surface area contributed by atoms with E-state index in [1.807, 2.05) is 41.8 Å². The van der Waals surface area contributed by atoms with Crippen molar-refractivity contribution in [1.82, 2.24) is 4.98 Å². The summed E-state index contributed by atoms with van der Waals surface area (Å²) in [5.41, 5.74) is 2.01. The van der Waals surface area contributed by atoms with Crippen LogP contribution >= 0.6 is 22.9 Å². The average Bonchev–Trinajstić information content (AvgIpc) is 3.10. The minimum absolute atomic E-state index is 0.144. The van der Waals surface area contributed by atoms with Gasteiger partial charge >= 0.3 is 0 Å². The second-order valence-corrected chi connectivity index (χ2v) is 6.23. The highest BCUT2D eigenvalue weighted by Crippen LogP contribution is 2.15. The summed E-state index contributed by atoms with van der Waals surface area (Å²) < 4.78 is 0. The van der Waals surface area contributed by atoms with Crippen molar-refractivity contribution < 1.29 is 4.79 Å². The van der Waals surface area contributed by atoms with E-state index in [1.165, 1.54) is 11.3 Å². The fraction of sp³-hybridized carbons (Fsp3) is 0.0588. The predicted molar refractivity (Wildman–Crippen MR) is 95.3 cm³/mol. The van der Waals surface area contributed by atoms with Gasteiger partial charge in [0.05, 0.1) is 16.8 Å². The van der Waals surface area contributed by atoms with Crippen molar-refractivity contribution in [3.05, 3.63) is 75.6 Å². The monoisotopic (exact) mass is 343 g/mol. The maximum absolute atomic E-state index is 11.9. The lowest BCUT2D eigenvalue weighted by Gasteiger charge is -2.08. The lowest BCUT2D eigenvalue weighted by molar-refractivity contribution is 0.103. The summed E-state index contributed by atoms with van der Waals surface area (Å²) in [5, 5.41) is 8.63. The zero-order chi connectivity index (χ0) is 16.1. The normalized spacial score (nSPS) is 10.3. The van der Waals surface area contributed by atoms with Gasteiger partial charge in [-0.3, -0.25) is 4.79 Å². The summed E-state index contributed by atoms with van der Waals surface area (Å²) >= 11 is 7.26. The van der Waals surface area contributed by atoms with Crippen molar-refractivity contribution in [3.8, 4) is 0 Å². The van der Waals surface area contributed by atoms with E-state index in [-0.39, 0.29) is 5.91 Å². The number of carbonyl (C=O) groups excluding carboxylic acids is 1. The molecule has 0 bridgehead atoms. The standard InChI is InChI=1S/C17H14ClN3OS/c18-13-5-3-12(4-6-13)10-19-14-7-8-16(20-11-14)21-17(22)15-2-1-9-23-15/h1-9,11,19H,10H2,(H,20,21,22). The minimum atomic E-state index is -0.144. The molecule has 0 saturated heterocycles. The van der Waals surface area contributed by atoms with Crippen molar-refractivity contribution >= 4 is 40.4 Å². The van der Waals surface area contributed by atoms with Crippen LogP contribution in [0.4, 0.5) is 11.5 Å². The maximum atomic E-state index is 11.9. The third-order valence-electron chi connectivity index (χ3n) is 3.16. The van der Waals surface area contributed by atoms with Crippen molar-refractivity contribution in [2.75, 3.05) is 10.6 Å². The molecule has 0 aliphatic rings. The lowest BCUT2D eigenvalue weighted by atomic mass is 10.2. The molecule has 0 aliphatic carbocycles. The molecule has 0 saturated carbocycles. The first-order valence-corrected chi connectivity index (χ1v) is 8.26. The van der Waals surface area contributed by atoms with Crippen molar-refractivity contribution in [3.63, 3.8) is 0 Å². The molecule has 2 heterocycles. The fourth-order valence-electron chi connectivity index (χ4n) is 1.96. The van der Waals surface area contributed by atoms with E-state index in [9.17, 15) is 4.79 Å². The Morgan fingerprint density at radius 3 is 2.61 bits per heavy atom. The highest BCUT2D eigenvalue weighted by molar-refractivity contribution is 7.12. The van der Waals surface area contributed by atoms with Crippen LogP contribution in [0.3, 0.4) is 0 Å². The molecule has 3 rings (SSSR count). The van der Waals surface area contributed by atoms with Gasteiger partial charge < -0.3 is 10.6 Å². The van der Waals surface area contributed by atoms with E-state index in [1.54, 1.807) is 18.3 Å². The first-order chi connectivity index (χ1) is 11.2. The van der Waals surface area contributed by atoms with Crippen molar-refractivity contribution in [1.29, 1.82) is 0 Å². The Kier molecular flexibility index (Phi) is 4.90. The summed E-state index contributed by atoms with van der Waals surface area (Å²) in [6, 6.07) is 14.9. The number of halogens is 1. The molecule has 4 nitrogen and oxygen atoms in total. The maximum Gasteiger partial charge on any atom is 0.266 e. The van der Waals surface area contributed by atoms with Gasteiger partial charge in [0.15, 0.2) is 0 Å². The number of pyridine rings is 1. The first-order valence-electron chi connectivity index (χ1n) is 7.00. The van der Waals surface area contributed by atoms with Crippen molar-refractivity contribution in [2.24, 2.45) is 0 Å². The summed E-state index contributed by atoms with van der Waals surface area (Å²) in [7, 11) is 0. The SMILES string of the molecule is O=C(Nc1ccc(NCc2ccc(Cl)cc2)cn1)c1cccs1. The topological polar surface area (TPSA) is 54.0 Å². The number of nitrogens with one attached hydrogen (secondary N) is 2. The fourth-order valence-corrected chi connectivity index (χ4v) is 2.71. The molecule has 2 aromatic heterocycles. The average molecular weight is 344 g/mol. The Morgan fingerprint density at radius 1 is 1.13 bits per heavy atom. The number of benzene rings is 1. The van der Waals surface area contributed by atoms with Gasteiger partial charge in [-0.15, -0.1) is 11.3 Å². The minimum Gasteiger partial charge on any atom is -0.380 e. The molecule has 0 aliphatic heterocycles. The van der Waals surface area contributed by atoms with Gasteiger partial charge in [0, 0.05) is 11.6 Å². The van der Waals surface area contributed by atoms with Crippen LogP contribution in [0.5, 0.6) is 0 Å². The summed E-state index contributed by atoms with van der Waals surface area (Å²) in [6.45, 7) is 0.680. The van der Waals surface area contributed by atoms with Gasteiger partial charge in [-0.1, -0.05) is 29.8 Å². The van der Waals surface area contributed by atoms with E-state index in [4.69, 9.17) is 11.6 Å². The zero-order valence-corrected chi connectivity index (χ0v) is 13.7. The number of hydrogen-bond donors (Lipinski definition) is 2. The third kappa shape index (κ3) is 4.31. The van der Waals surface area contributed by atoms with E-state index in [0.717, 1.165) is 16.3 Å². The van der Waals surface area contributed by atoms with Crippen LogP contribution in [0.1, 0.15) is 15.2 Å². The van der Waals surface area contributed by atoms with Crippen LogP contribution in [0.25, 0.3) is 0 Å². The summed E-state index contributed by atoms with van der Waals surface area (Å²) in [5.74, 6) is 0.384. The quantitative estimate of drug-likeness (QED) is 0.708. The molecule has 1 aromatic carbocycles. The number of anilines is 2. The molecule has 0 atom stereocenters. The van der Waals surface area contributed by atoms with Crippen LogP contribution < -0.4 is 10.6 Å². The molecule has 6 heteroatoms. The van der Waals surface area contributed by atoms with Gasteiger partial charge in [-0.05, 0) is 41.3 Å². The Balaban J connectivity index is 1.56. The third-order valence-corrected chi connectivity index (χ3v) is 4.28. The number of nitrogens with zero attached hydrogens (tertiary/aromatic N) is 1. The predicted octanol–water partition coefficient (Wildman–Crippen LogP) is 4.66. The van der Waals surface area contributed by atoms with E-state index in [0.29, 0.717) is 17.2 Å². The number of carbonyl (C=O) groups is 1. The molecule has 116 valence electrons. The number of thiophene rings is 1. The lowest BCUT2D eigenvalue weighted by Crippen LogP contribution is -2.11. The summed E-state index contributed by atoms with van der Waals surface area (Å²) in [6.07, 6.45) is 1.69. The second-order valence-electron chi connectivity index (χ2n) is 4.84. The van der Waals surface area contributed by atoms with Gasteiger partial charge in [0.1, 0.15) is 5.82 Å². The Hall–Kier alpha value is -2.37. The number of amides is 1. The highest BCUT2D eigenvalue weighted by atomic mass is 35.5. The van der Waals surface area contributed by atoms with Crippen LogP contribution in [0.15, 0.2) is 60.1 Å². The highest BCUT2D eigenvalue weighted by Gasteiger charge is 2.07. The molecule has 2 N–H and O–H groups in total. The molecule has 23 heavy (non-hydrogen) atoms. The molecule has 0 unspecified atom stereocenters. The van der Waals surface area contributed by atoms with Crippen molar-refractivity contribution in [2.45, 2.75) is 6.54 Å². The number of hydrogen-bond acceptors (Lipinski definition) is 4. The van der Waals surface area contributed by atoms with E-state index >= 15 is 0 Å². The van der Waals surface area contributed by atoms with Gasteiger partial charge in [0.2, 0.25) is 0 Å². The van der Waals surface area contributed by atoms with E-state index < -0.39 is 0 Å². The van der Waals surface area contributed by atoms with Crippen LogP contribution in [-0.2, 0) is 6.54 Å². The molecular weight excluding hydrogens is 330 g/mol. The Bertz CT molecular complexity index is 771. The second kappa shape index (κ2) is 7.26. The van der Waals surface area contributed by atoms with Gasteiger partial charge in [-0.25, -0.2) is 4.98 Å². The Morgan fingerprint density at radius 2 is 1.96 bits per heavy atom. The summed E-state index contributed by atoms with van der Waals surface area (Å²) in [4.78, 5) is 16.8. The number of rotatable bonds is 5. The van der Waals surface area contributed by atoms with Crippen LogP contribution in [0.2, 0.25) is 5.02 Å². The molecule has 0 fully saturated rings. The molecular formula is C17H14ClN3OS. The molecule has 0 radical (unpaired) electrons. The first kappa shape index (κ1) is 15.5. The molecule has 0 spiro atoms. The van der Waals surface area contributed by atoms with Crippen LogP contribution in [-0.4, -0.2) is 10.9 Å². The molecule has 1 amide bonds. The van der Waals surface area contributed by atoms with Gasteiger partial charge in [-0.2, -0.15) is 0 Å². The largest absolute Gasteiger partial charge is 0.380 e. The molecule has 3 aromatic rings.